The molecule has 0 aliphatic heterocycles. The number of imidazole rings is 1. The van der Waals surface area contributed by atoms with Crippen LogP contribution >= 0.6 is 11.6 Å². The monoisotopic (exact) mass is 439 g/mol. The summed E-state index contributed by atoms with van der Waals surface area (Å²) < 4.78 is 8.17. The fourth-order valence-corrected chi connectivity index (χ4v) is 3.62. The number of hydrogen-bond acceptors (Lipinski definition) is 3. The first-order chi connectivity index (χ1) is 15.1. The Morgan fingerprint density at radius 2 is 2.03 bits per heavy atom. The van der Waals surface area contributed by atoms with Crippen molar-refractivity contribution in [2.24, 2.45) is 0 Å². The number of nitrogens with one attached hydrogen (secondary N) is 1. The van der Waals surface area contributed by atoms with Gasteiger partial charge in [0.1, 0.15) is 11.6 Å². The summed E-state index contributed by atoms with van der Waals surface area (Å²) in [6, 6.07) is 14.0. The van der Waals surface area contributed by atoms with Crippen molar-refractivity contribution in [1.29, 1.82) is 0 Å². The molecule has 164 valence electrons. The molecule has 2 aromatic carbocycles. The largest absolute Gasteiger partial charge is 0.494 e. The lowest BCUT2D eigenvalue weighted by Crippen LogP contribution is -2.22. The number of unbranched alkanes of at least 4 members (excludes halogenated alkanes) is 1. The second kappa shape index (κ2) is 11.6. The predicted octanol–water partition coefficient (Wildman–Crippen LogP) is 5.48. The van der Waals surface area contributed by atoms with Crippen LogP contribution in [-0.2, 0) is 17.8 Å². The van der Waals surface area contributed by atoms with Crippen molar-refractivity contribution in [3.63, 3.8) is 0 Å². The van der Waals surface area contributed by atoms with Crippen LogP contribution in [0.1, 0.15) is 37.6 Å². The lowest BCUT2D eigenvalue weighted by Gasteiger charge is -2.11. The molecule has 0 atom stereocenters. The predicted molar refractivity (Wildman–Crippen MR) is 127 cm³/mol. The van der Waals surface area contributed by atoms with Crippen molar-refractivity contribution in [1.82, 2.24) is 14.9 Å². The van der Waals surface area contributed by atoms with Crippen LogP contribution < -0.4 is 10.1 Å². The van der Waals surface area contributed by atoms with Gasteiger partial charge in [0.25, 0.3) is 0 Å². The molecule has 0 spiro atoms. The molecule has 1 aromatic heterocycles. The van der Waals surface area contributed by atoms with Crippen molar-refractivity contribution >= 4 is 28.5 Å². The summed E-state index contributed by atoms with van der Waals surface area (Å²) in [6.07, 6.45) is 6.91. The SMILES string of the molecule is C/C=C\C(=O)NCCCc1nc2ccccc2n1CCCCOc1ccc(Cl)c(C)c1. The van der Waals surface area contributed by atoms with Crippen LogP contribution in [0.3, 0.4) is 0 Å². The Bertz CT molecular complexity index is 1040. The summed E-state index contributed by atoms with van der Waals surface area (Å²) in [5, 5.41) is 3.66. The van der Waals surface area contributed by atoms with E-state index in [9.17, 15) is 4.79 Å². The van der Waals surface area contributed by atoms with Crippen molar-refractivity contribution in [3.8, 4) is 5.75 Å². The molecule has 0 saturated carbocycles. The number of carbonyl (C=O) groups is 1. The number of carbonyl (C=O) groups excluding carboxylic acids is 1. The van der Waals surface area contributed by atoms with Gasteiger partial charge in [0.05, 0.1) is 17.6 Å². The van der Waals surface area contributed by atoms with Crippen LogP contribution in [0, 0.1) is 6.92 Å². The first kappa shape index (κ1) is 22.9. The third-order valence-electron chi connectivity index (χ3n) is 5.10. The van der Waals surface area contributed by atoms with Crippen molar-refractivity contribution < 1.29 is 9.53 Å². The van der Waals surface area contributed by atoms with Crippen molar-refractivity contribution in [3.05, 3.63) is 71.0 Å². The van der Waals surface area contributed by atoms with Crippen LogP contribution in [-0.4, -0.2) is 28.6 Å². The standard InChI is InChI=1S/C25H30ClN3O2/c1-3-9-25(30)27-15-8-12-24-28-22-10-4-5-11-23(22)29(24)16-6-7-17-31-20-13-14-21(26)19(2)18-20/h3-5,9-11,13-14,18H,6-8,12,15-17H2,1-2H3,(H,27,30)/b9-3-. The van der Waals surface area contributed by atoms with Crippen LogP contribution in [0.25, 0.3) is 11.0 Å². The van der Waals surface area contributed by atoms with Crippen LogP contribution in [0.15, 0.2) is 54.6 Å². The van der Waals surface area contributed by atoms with E-state index in [4.69, 9.17) is 21.3 Å². The molecule has 1 amide bonds. The van der Waals surface area contributed by atoms with Crippen molar-refractivity contribution in [2.45, 2.75) is 46.1 Å². The number of hydrogen-bond donors (Lipinski definition) is 1. The molecule has 6 heteroatoms. The number of ether oxygens (including phenoxy) is 1. The van der Waals surface area contributed by atoms with Gasteiger partial charge in [0, 0.05) is 24.5 Å². The van der Waals surface area contributed by atoms with E-state index < -0.39 is 0 Å². The molecule has 0 aliphatic carbocycles. The van der Waals surface area contributed by atoms with Crippen LogP contribution in [0.5, 0.6) is 5.75 Å². The molecule has 0 fully saturated rings. The normalized spacial score (nSPS) is 11.3. The maximum Gasteiger partial charge on any atom is 0.243 e. The van der Waals surface area contributed by atoms with E-state index in [0.29, 0.717) is 13.2 Å². The fourth-order valence-electron chi connectivity index (χ4n) is 3.50. The van der Waals surface area contributed by atoms with Crippen LogP contribution in [0.4, 0.5) is 0 Å². The van der Waals surface area contributed by atoms with Crippen LogP contribution in [0.2, 0.25) is 5.02 Å². The summed E-state index contributed by atoms with van der Waals surface area (Å²) in [6.45, 7) is 6.01. The molecule has 5 nitrogen and oxygen atoms in total. The Balaban J connectivity index is 1.53. The Morgan fingerprint density at radius 1 is 1.19 bits per heavy atom. The minimum Gasteiger partial charge on any atom is -0.494 e. The molecule has 0 bridgehead atoms. The first-order valence-corrected chi connectivity index (χ1v) is 11.2. The highest BCUT2D eigenvalue weighted by Gasteiger charge is 2.10. The molecule has 1 heterocycles. The molecule has 1 N–H and O–H groups in total. The van der Waals surface area contributed by atoms with E-state index in [0.717, 1.165) is 65.4 Å². The van der Waals surface area contributed by atoms with Gasteiger partial charge in [-0.3, -0.25) is 4.79 Å². The lowest BCUT2D eigenvalue weighted by atomic mass is 10.2. The fraction of sp³-hybridized carbons (Fsp3) is 0.360. The number of aryl methyl sites for hydroxylation is 3. The zero-order chi connectivity index (χ0) is 22.1. The average Bonchev–Trinajstić information content (AvgIpc) is 3.11. The highest BCUT2D eigenvalue weighted by atomic mass is 35.5. The zero-order valence-electron chi connectivity index (χ0n) is 18.2. The van der Waals surface area contributed by atoms with E-state index >= 15 is 0 Å². The van der Waals surface area contributed by atoms with Gasteiger partial charge in [0.15, 0.2) is 0 Å². The number of fused-ring (bicyclic) bond motifs is 1. The van der Waals surface area contributed by atoms with Gasteiger partial charge < -0.3 is 14.6 Å². The van der Waals surface area contributed by atoms with E-state index in [1.807, 2.05) is 44.2 Å². The molecule has 3 aromatic rings. The quantitative estimate of drug-likeness (QED) is 0.318. The van der Waals surface area contributed by atoms with Gasteiger partial charge in [0.2, 0.25) is 5.91 Å². The molecule has 3 rings (SSSR count). The number of benzene rings is 2. The molecule has 0 saturated heterocycles. The summed E-state index contributed by atoms with van der Waals surface area (Å²) in [4.78, 5) is 16.4. The Labute approximate surface area is 189 Å². The summed E-state index contributed by atoms with van der Waals surface area (Å²) in [5.74, 6) is 1.87. The van der Waals surface area contributed by atoms with E-state index in [2.05, 4.69) is 22.0 Å². The zero-order valence-corrected chi connectivity index (χ0v) is 19.0. The topological polar surface area (TPSA) is 56.2 Å². The van der Waals surface area contributed by atoms with Gasteiger partial charge in [-0.1, -0.05) is 29.8 Å². The molecular formula is C25H30ClN3O2. The van der Waals surface area contributed by atoms with Gasteiger partial charge in [-0.15, -0.1) is 0 Å². The van der Waals surface area contributed by atoms with Gasteiger partial charge in [-0.05, 0) is 75.1 Å². The average molecular weight is 440 g/mol. The minimum absolute atomic E-state index is 0.0492. The minimum atomic E-state index is -0.0492. The smallest absolute Gasteiger partial charge is 0.243 e. The highest BCUT2D eigenvalue weighted by molar-refractivity contribution is 6.31. The summed E-state index contributed by atoms with van der Waals surface area (Å²) in [7, 11) is 0. The van der Waals surface area contributed by atoms with Crippen molar-refractivity contribution in [2.75, 3.05) is 13.2 Å². The van der Waals surface area contributed by atoms with Gasteiger partial charge in [-0.25, -0.2) is 4.98 Å². The third-order valence-corrected chi connectivity index (χ3v) is 5.53. The van der Waals surface area contributed by atoms with Gasteiger partial charge >= 0.3 is 0 Å². The Kier molecular flexibility index (Phi) is 8.53. The number of para-hydroxylation sites is 2. The number of amides is 1. The highest BCUT2D eigenvalue weighted by Crippen LogP contribution is 2.22. The van der Waals surface area contributed by atoms with E-state index in [1.165, 1.54) is 0 Å². The van der Waals surface area contributed by atoms with Gasteiger partial charge in [-0.2, -0.15) is 0 Å². The summed E-state index contributed by atoms with van der Waals surface area (Å²) in [5.41, 5.74) is 3.20. The maximum atomic E-state index is 11.6. The first-order valence-electron chi connectivity index (χ1n) is 10.8. The second-order valence-corrected chi connectivity index (χ2v) is 7.94. The number of rotatable bonds is 11. The number of aromatic nitrogens is 2. The molecule has 31 heavy (non-hydrogen) atoms. The Hall–Kier alpha value is -2.79. The number of allylic oxidation sites excluding steroid dienone is 1. The second-order valence-electron chi connectivity index (χ2n) is 7.53. The summed E-state index contributed by atoms with van der Waals surface area (Å²) >= 11 is 6.07. The molecular weight excluding hydrogens is 410 g/mol. The van der Waals surface area contributed by atoms with E-state index in [1.54, 1.807) is 12.2 Å². The lowest BCUT2D eigenvalue weighted by molar-refractivity contribution is -0.116. The third kappa shape index (κ3) is 6.59. The van der Waals surface area contributed by atoms with E-state index in [-0.39, 0.29) is 5.91 Å². The maximum absolute atomic E-state index is 11.6. The number of halogens is 1. The molecule has 0 aliphatic rings. The number of nitrogens with zero attached hydrogens (tertiary/aromatic N) is 2. The Morgan fingerprint density at radius 3 is 2.84 bits per heavy atom. The molecule has 0 unspecified atom stereocenters. The molecule has 0 radical (unpaired) electrons.